The minimum atomic E-state index is -5.04. The second-order valence-electron chi connectivity index (χ2n) is 6.90. The van der Waals surface area contributed by atoms with Crippen LogP contribution in [0.25, 0.3) is 11.3 Å². The summed E-state index contributed by atoms with van der Waals surface area (Å²) in [5.41, 5.74) is -2.22. The Morgan fingerprint density at radius 3 is 2.68 bits per heavy atom. The molecule has 0 saturated heterocycles. The number of nitrogens with zero attached hydrogens (tertiary/aromatic N) is 3. The van der Waals surface area contributed by atoms with Crippen LogP contribution in [0, 0.1) is 5.92 Å². The first-order chi connectivity index (χ1) is 13.2. The number of benzene rings is 1. The number of fused-ring (bicyclic) bond motifs is 1. The summed E-state index contributed by atoms with van der Waals surface area (Å²) in [5.74, 6) is -2.31. The van der Waals surface area contributed by atoms with Gasteiger partial charge in [0, 0.05) is 15.7 Å². The van der Waals surface area contributed by atoms with E-state index in [1.807, 2.05) is 0 Å². The molecule has 0 unspecified atom stereocenters. The zero-order valence-electron chi connectivity index (χ0n) is 14.5. The van der Waals surface area contributed by atoms with Gasteiger partial charge >= 0.3 is 6.18 Å². The molecule has 1 aromatic heterocycles. The van der Waals surface area contributed by atoms with Crippen LogP contribution in [0.3, 0.4) is 0 Å². The largest absolute Gasteiger partial charge is 0.439 e. The maximum absolute atomic E-state index is 13.8. The third kappa shape index (κ3) is 2.95. The van der Waals surface area contributed by atoms with Crippen molar-refractivity contribution in [3.63, 3.8) is 0 Å². The van der Waals surface area contributed by atoms with Crippen molar-refractivity contribution < 1.29 is 23.1 Å². The Bertz CT molecular complexity index is 941. The van der Waals surface area contributed by atoms with Crippen molar-refractivity contribution in [1.29, 1.82) is 0 Å². The molecule has 1 aliphatic carbocycles. The summed E-state index contributed by atoms with van der Waals surface area (Å²) in [7, 11) is 0. The Balaban J connectivity index is 1.68. The Morgan fingerprint density at radius 2 is 2.00 bits per heavy atom. The summed E-state index contributed by atoms with van der Waals surface area (Å²) >= 11 is 3.31. The molecule has 1 fully saturated rings. The lowest BCUT2D eigenvalue weighted by Gasteiger charge is -2.37. The first kappa shape index (κ1) is 19.1. The van der Waals surface area contributed by atoms with Gasteiger partial charge in [0.15, 0.2) is 0 Å². The minimum Gasteiger partial charge on any atom is -0.362 e. The van der Waals surface area contributed by atoms with E-state index in [-0.39, 0.29) is 22.8 Å². The number of halogens is 4. The second kappa shape index (κ2) is 6.70. The summed E-state index contributed by atoms with van der Waals surface area (Å²) in [6, 6.07) is 8.43. The molecule has 6 nitrogen and oxygen atoms in total. The number of aliphatic hydroxyl groups is 1. The molecule has 1 aliphatic heterocycles. The topological polar surface area (TPSA) is 81.6 Å². The number of carbonyl (C=O) groups excluding carboxylic acids is 1. The number of hydrazone groups is 1. The summed E-state index contributed by atoms with van der Waals surface area (Å²) in [5, 5.41) is 21.1. The number of rotatable bonds is 2. The number of aromatic nitrogens is 2. The van der Waals surface area contributed by atoms with Crippen molar-refractivity contribution in [2.75, 3.05) is 0 Å². The van der Waals surface area contributed by atoms with E-state index in [4.69, 9.17) is 0 Å². The number of H-pyrrole nitrogens is 1. The number of hydrogen-bond donors (Lipinski definition) is 2. The van der Waals surface area contributed by atoms with E-state index in [0.717, 1.165) is 4.47 Å². The predicted molar refractivity (Wildman–Crippen MR) is 98.3 cm³/mol. The van der Waals surface area contributed by atoms with Crippen molar-refractivity contribution in [2.45, 2.75) is 37.6 Å². The van der Waals surface area contributed by atoms with E-state index in [2.05, 4.69) is 31.2 Å². The van der Waals surface area contributed by atoms with E-state index < -0.39 is 23.7 Å². The second-order valence-corrected chi connectivity index (χ2v) is 7.82. The minimum absolute atomic E-state index is 0.131. The lowest BCUT2D eigenvalue weighted by molar-refractivity contribution is -0.312. The highest BCUT2D eigenvalue weighted by Gasteiger charge is 2.68. The SMILES string of the molecule is O=C(c1cc(-c2ccc(Br)cc2)n[nH]1)N1N=C2CCCC[C@@H]2[C@@]1(O)C(F)(F)F. The molecule has 2 atom stereocenters. The quantitative estimate of drug-likeness (QED) is 0.713. The maximum atomic E-state index is 13.8. The fourth-order valence-electron chi connectivity index (χ4n) is 3.73. The standard InChI is InChI=1S/C18H16BrF3N4O2/c19-11-7-5-10(6-8-11)14-9-15(24-23-14)16(27)26-17(28,18(20,21)22)12-3-1-2-4-13(12)25-26/h5-9,12,28H,1-4H2,(H,23,24)/t12-,17+/m0/s1. The van der Waals surface area contributed by atoms with Crippen LogP contribution in [-0.2, 0) is 0 Å². The molecular formula is C18H16BrF3N4O2. The highest BCUT2D eigenvalue weighted by Crippen LogP contribution is 2.48. The van der Waals surface area contributed by atoms with Gasteiger partial charge in [0.1, 0.15) is 5.69 Å². The molecule has 10 heteroatoms. The van der Waals surface area contributed by atoms with Gasteiger partial charge in [-0.3, -0.25) is 9.89 Å². The van der Waals surface area contributed by atoms with Gasteiger partial charge in [0.25, 0.3) is 11.6 Å². The van der Waals surface area contributed by atoms with Crippen molar-refractivity contribution in [3.8, 4) is 11.3 Å². The maximum Gasteiger partial charge on any atom is 0.439 e. The Morgan fingerprint density at radius 1 is 1.29 bits per heavy atom. The number of aromatic amines is 1. The molecule has 0 bridgehead atoms. The summed E-state index contributed by atoms with van der Waals surface area (Å²) in [6.45, 7) is 0. The molecule has 4 rings (SSSR count). The molecule has 28 heavy (non-hydrogen) atoms. The van der Waals surface area contributed by atoms with Crippen molar-refractivity contribution in [1.82, 2.24) is 15.2 Å². The molecule has 148 valence electrons. The van der Waals surface area contributed by atoms with Crippen LogP contribution in [0.4, 0.5) is 13.2 Å². The summed E-state index contributed by atoms with van der Waals surface area (Å²) in [6.07, 6.45) is -3.35. The van der Waals surface area contributed by atoms with E-state index in [9.17, 15) is 23.1 Å². The van der Waals surface area contributed by atoms with Gasteiger partial charge in [0.2, 0.25) is 0 Å². The molecule has 1 amide bonds. The van der Waals surface area contributed by atoms with Gasteiger partial charge in [0.05, 0.1) is 11.6 Å². The number of alkyl halides is 3. The van der Waals surface area contributed by atoms with Gasteiger partial charge in [-0.15, -0.1) is 0 Å². The molecule has 0 radical (unpaired) electrons. The van der Waals surface area contributed by atoms with E-state index in [1.165, 1.54) is 6.07 Å². The van der Waals surface area contributed by atoms with Crippen molar-refractivity contribution >= 4 is 27.5 Å². The van der Waals surface area contributed by atoms with Crippen LogP contribution >= 0.6 is 15.9 Å². The van der Waals surface area contributed by atoms with Crippen LogP contribution in [-0.4, -0.2) is 43.8 Å². The number of carbonyl (C=O) groups is 1. The average molecular weight is 457 g/mol. The van der Waals surface area contributed by atoms with Gasteiger partial charge in [-0.1, -0.05) is 34.5 Å². The Hall–Kier alpha value is -2.20. The smallest absolute Gasteiger partial charge is 0.362 e. The molecule has 2 N–H and O–H groups in total. The highest BCUT2D eigenvalue weighted by molar-refractivity contribution is 9.10. The lowest BCUT2D eigenvalue weighted by Crippen LogP contribution is -2.61. The van der Waals surface area contributed by atoms with Crippen LogP contribution in [0.2, 0.25) is 0 Å². The fraction of sp³-hybridized carbons (Fsp3) is 0.389. The molecule has 0 spiro atoms. The fourth-order valence-corrected chi connectivity index (χ4v) is 4.00. The molecule has 2 heterocycles. The van der Waals surface area contributed by atoms with Crippen LogP contribution in [0.5, 0.6) is 0 Å². The van der Waals surface area contributed by atoms with Crippen LogP contribution in [0.15, 0.2) is 39.9 Å². The predicted octanol–water partition coefficient (Wildman–Crippen LogP) is 4.09. The monoisotopic (exact) mass is 456 g/mol. The lowest BCUT2D eigenvalue weighted by atomic mass is 9.80. The summed E-state index contributed by atoms with van der Waals surface area (Å²) in [4.78, 5) is 12.8. The van der Waals surface area contributed by atoms with Gasteiger partial charge < -0.3 is 5.11 Å². The third-order valence-electron chi connectivity index (χ3n) is 5.17. The number of hydrogen-bond acceptors (Lipinski definition) is 4. The van der Waals surface area contributed by atoms with Crippen molar-refractivity contribution in [3.05, 3.63) is 40.5 Å². The molecule has 1 aromatic carbocycles. The average Bonchev–Trinajstić information content (AvgIpc) is 3.26. The molecular weight excluding hydrogens is 441 g/mol. The molecule has 2 aliphatic rings. The van der Waals surface area contributed by atoms with Crippen LogP contribution < -0.4 is 0 Å². The van der Waals surface area contributed by atoms with Gasteiger partial charge in [-0.05, 0) is 37.5 Å². The van der Waals surface area contributed by atoms with Crippen LogP contribution in [0.1, 0.15) is 36.2 Å². The normalized spacial score (nSPS) is 24.8. The van der Waals surface area contributed by atoms with Crippen molar-refractivity contribution in [2.24, 2.45) is 11.0 Å². The van der Waals surface area contributed by atoms with Gasteiger partial charge in [-0.25, -0.2) is 0 Å². The van der Waals surface area contributed by atoms with Gasteiger partial charge in [-0.2, -0.15) is 28.4 Å². The Labute approximate surface area is 166 Å². The van der Waals surface area contributed by atoms with E-state index in [1.54, 1.807) is 24.3 Å². The molecule has 2 aromatic rings. The molecule has 1 saturated carbocycles. The zero-order chi connectivity index (χ0) is 20.1. The number of nitrogens with one attached hydrogen (secondary N) is 1. The first-order valence-corrected chi connectivity index (χ1v) is 9.53. The summed E-state index contributed by atoms with van der Waals surface area (Å²) < 4.78 is 42.3. The third-order valence-corrected chi connectivity index (χ3v) is 5.70. The zero-order valence-corrected chi connectivity index (χ0v) is 16.1. The van der Waals surface area contributed by atoms with E-state index in [0.29, 0.717) is 30.5 Å². The first-order valence-electron chi connectivity index (χ1n) is 8.74. The highest BCUT2D eigenvalue weighted by atomic mass is 79.9. The number of amides is 1. The Kier molecular flexibility index (Phi) is 4.58. The van der Waals surface area contributed by atoms with E-state index >= 15 is 0 Å².